The van der Waals surface area contributed by atoms with E-state index in [2.05, 4.69) is 17.6 Å². The number of carbonyl (C=O) groups excluding carboxylic acids is 4. The fourth-order valence-corrected chi connectivity index (χ4v) is 3.19. The molecule has 2 heterocycles. The Kier molecular flexibility index (Phi) is 4.83. The van der Waals surface area contributed by atoms with Crippen molar-refractivity contribution in [3.05, 3.63) is 29.3 Å². The van der Waals surface area contributed by atoms with Gasteiger partial charge in [0.2, 0.25) is 11.8 Å². The van der Waals surface area contributed by atoms with E-state index in [-0.39, 0.29) is 18.7 Å². The molecule has 2 N–H and O–H groups in total. The number of amides is 4. The zero-order chi connectivity index (χ0) is 18.0. The second kappa shape index (κ2) is 7.04. The van der Waals surface area contributed by atoms with Gasteiger partial charge >= 0.3 is 0 Å². The third kappa shape index (κ3) is 3.26. The van der Waals surface area contributed by atoms with Gasteiger partial charge in [-0.05, 0) is 31.0 Å². The third-order valence-corrected chi connectivity index (χ3v) is 4.55. The minimum Gasteiger partial charge on any atom is -0.385 e. The molecule has 0 aromatic heterocycles. The topological polar surface area (TPSA) is 95.6 Å². The van der Waals surface area contributed by atoms with Crippen LogP contribution in [0.25, 0.3) is 0 Å². The summed E-state index contributed by atoms with van der Waals surface area (Å²) in [4.78, 5) is 49.5. The summed E-state index contributed by atoms with van der Waals surface area (Å²) in [6.45, 7) is 2.93. The second-order valence-electron chi connectivity index (χ2n) is 6.34. The van der Waals surface area contributed by atoms with E-state index >= 15 is 0 Å². The molecular formula is C18H21N3O4. The molecule has 132 valence electrons. The number of piperidine rings is 1. The first-order valence-electron chi connectivity index (χ1n) is 8.62. The first-order valence-corrected chi connectivity index (χ1v) is 8.62. The lowest BCUT2D eigenvalue weighted by Crippen LogP contribution is -2.54. The lowest BCUT2D eigenvalue weighted by atomic mass is 10.0. The summed E-state index contributed by atoms with van der Waals surface area (Å²) in [6.07, 6.45) is 3.56. The normalized spacial score (nSPS) is 19.9. The molecule has 3 rings (SSSR count). The number of unbranched alkanes of at least 4 members (excludes halogenated alkanes) is 2. The van der Waals surface area contributed by atoms with Crippen LogP contribution < -0.4 is 10.6 Å². The highest BCUT2D eigenvalue weighted by Gasteiger charge is 2.44. The molecule has 1 fully saturated rings. The summed E-state index contributed by atoms with van der Waals surface area (Å²) in [5, 5.41) is 5.44. The molecule has 0 spiro atoms. The van der Waals surface area contributed by atoms with Gasteiger partial charge in [0.25, 0.3) is 11.8 Å². The fraction of sp³-hybridized carbons (Fsp3) is 0.444. The van der Waals surface area contributed by atoms with E-state index in [9.17, 15) is 19.2 Å². The Balaban J connectivity index is 1.77. The number of imide groups is 2. The lowest BCUT2D eigenvalue weighted by Gasteiger charge is -2.27. The van der Waals surface area contributed by atoms with Crippen molar-refractivity contribution in [1.29, 1.82) is 0 Å². The van der Waals surface area contributed by atoms with Crippen LogP contribution in [0.1, 0.15) is 59.7 Å². The average molecular weight is 343 g/mol. The van der Waals surface area contributed by atoms with Crippen molar-refractivity contribution in [3.63, 3.8) is 0 Å². The van der Waals surface area contributed by atoms with Gasteiger partial charge in [-0.1, -0.05) is 19.8 Å². The number of nitrogens with one attached hydrogen (secondary N) is 2. The molecule has 25 heavy (non-hydrogen) atoms. The third-order valence-electron chi connectivity index (χ3n) is 4.55. The molecule has 1 aromatic carbocycles. The molecule has 1 saturated heterocycles. The summed E-state index contributed by atoms with van der Waals surface area (Å²) in [5.41, 5.74) is 1.38. The maximum absolute atomic E-state index is 12.7. The predicted molar refractivity (Wildman–Crippen MR) is 91.1 cm³/mol. The Morgan fingerprint density at radius 2 is 1.88 bits per heavy atom. The highest BCUT2D eigenvalue weighted by atomic mass is 16.2. The molecule has 0 aliphatic carbocycles. The second-order valence-corrected chi connectivity index (χ2v) is 6.34. The van der Waals surface area contributed by atoms with Crippen LogP contribution in [0.4, 0.5) is 5.69 Å². The van der Waals surface area contributed by atoms with E-state index in [0.29, 0.717) is 11.1 Å². The lowest BCUT2D eigenvalue weighted by molar-refractivity contribution is -0.136. The molecule has 7 nitrogen and oxygen atoms in total. The molecule has 7 heteroatoms. The quantitative estimate of drug-likeness (QED) is 0.605. The molecule has 0 bridgehead atoms. The van der Waals surface area contributed by atoms with Crippen molar-refractivity contribution in [3.8, 4) is 0 Å². The van der Waals surface area contributed by atoms with Crippen LogP contribution in [0.2, 0.25) is 0 Å². The Labute approximate surface area is 145 Å². The van der Waals surface area contributed by atoms with Gasteiger partial charge in [-0.2, -0.15) is 0 Å². The van der Waals surface area contributed by atoms with Crippen LogP contribution in [0.15, 0.2) is 18.2 Å². The van der Waals surface area contributed by atoms with Crippen LogP contribution in [-0.2, 0) is 9.59 Å². The highest BCUT2D eigenvalue weighted by molar-refractivity contribution is 6.23. The Morgan fingerprint density at radius 3 is 2.60 bits per heavy atom. The van der Waals surface area contributed by atoms with Crippen LogP contribution in [0.5, 0.6) is 0 Å². The number of nitrogens with zero attached hydrogens (tertiary/aromatic N) is 1. The van der Waals surface area contributed by atoms with Crippen molar-refractivity contribution in [2.75, 3.05) is 11.9 Å². The summed E-state index contributed by atoms with van der Waals surface area (Å²) in [6, 6.07) is 4.12. The van der Waals surface area contributed by atoms with Crippen LogP contribution in [0.3, 0.4) is 0 Å². The SMILES string of the molecule is CCCCCNc1ccc2c(c1)C(=O)N(C1CCC(=O)NC1=O)C2=O. The van der Waals surface area contributed by atoms with Crippen molar-refractivity contribution >= 4 is 29.3 Å². The highest BCUT2D eigenvalue weighted by Crippen LogP contribution is 2.29. The van der Waals surface area contributed by atoms with Crippen LogP contribution in [-0.4, -0.2) is 41.1 Å². The van der Waals surface area contributed by atoms with Gasteiger partial charge in [0, 0.05) is 18.7 Å². The summed E-state index contributed by atoms with van der Waals surface area (Å²) >= 11 is 0. The number of benzene rings is 1. The maximum atomic E-state index is 12.7. The van der Waals surface area contributed by atoms with E-state index in [1.54, 1.807) is 18.2 Å². The van der Waals surface area contributed by atoms with Gasteiger partial charge in [0.15, 0.2) is 0 Å². The standard InChI is InChI=1S/C18H21N3O4/c1-2-3-4-9-19-11-5-6-12-13(10-11)18(25)21(17(12)24)14-7-8-15(22)20-16(14)23/h5-6,10,14,19H,2-4,7-9H2,1H3,(H,20,22,23). The fourth-order valence-electron chi connectivity index (χ4n) is 3.19. The van der Waals surface area contributed by atoms with Gasteiger partial charge in [0.1, 0.15) is 6.04 Å². The van der Waals surface area contributed by atoms with Crippen LogP contribution >= 0.6 is 0 Å². The number of hydrogen-bond acceptors (Lipinski definition) is 5. The number of rotatable bonds is 6. The van der Waals surface area contributed by atoms with Crippen molar-refractivity contribution in [2.45, 2.75) is 45.1 Å². The average Bonchev–Trinajstić information content (AvgIpc) is 2.83. The molecule has 2 aliphatic heterocycles. The molecule has 0 saturated carbocycles. The van der Waals surface area contributed by atoms with Crippen LogP contribution in [0, 0.1) is 0 Å². The van der Waals surface area contributed by atoms with Gasteiger partial charge in [-0.25, -0.2) is 0 Å². The molecule has 1 aromatic rings. The summed E-state index contributed by atoms with van der Waals surface area (Å²) < 4.78 is 0. The minimum absolute atomic E-state index is 0.119. The van der Waals surface area contributed by atoms with Crippen molar-refractivity contribution < 1.29 is 19.2 Å². The number of fused-ring (bicyclic) bond motifs is 1. The summed E-state index contributed by atoms with van der Waals surface area (Å²) in [5.74, 6) is -1.93. The van der Waals surface area contributed by atoms with E-state index in [4.69, 9.17) is 0 Å². The monoisotopic (exact) mass is 343 g/mol. The predicted octanol–water partition coefficient (Wildman–Crippen LogP) is 1.69. The number of hydrogen-bond donors (Lipinski definition) is 2. The van der Waals surface area contributed by atoms with Gasteiger partial charge < -0.3 is 5.32 Å². The maximum Gasteiger partial charge on any atom is 0.262 e. The van der Waals surface area contributed by atoms with E-state index in [1.807, 2.05) is 0 Å². The smallest absolute Gasteiger partial charge is 0.262 e. The number of anilines is 1. The van der Waals surface area contributed by atoms with Crippen molar-refractivity contribution in [2.24, 2.45) is 0 Å². The molecule has 1 unspecified atom stereocenters. The van der Waals surface area contributed by atoms with E-state index in [1.165, 1.54) is 0 Å². The van der Waals surface area contributed by atoms with E-state index < -0.39 is 23.8 Å². The van der Waals surface area contributed by atoms with Gasteiger partial charge in [0.05, 0.1) is 11.1 Å². The first kappa shape index (κ1) is 17.1. The number of carbonyl (C=O) groups is 4. The Morgan fingerprint density at radius 1 is 1.12 bits per heavy atom. The van der Waals surface area contributed by atoms with Gasteiger partial charge in [-0.15, -0.1) is 0 Å². The van der Waals surface area contributed by atoms with Gasteiger partial charge in [-0.3, -0.25) is 29.4 Å². The van der Waals surface area contributed by atoms with E-state index in [0.717, 1.165) is 36.4 Å². The van der Waals surface area contributed by atoms with Crippen molar-refractivity contribution in [1.82, 2.24) is 10.2 Å². The Bertz CT molecular complexity index is 744. The zero-order valence-electron chi connectivity index (χ0n) is 14.1. The molecular weight excluding hydrogens is 322 g/mol. The molecule has 2 aliphatic rings. The first-order chi connectivity index (χ1) is 12.0. The molecule has 1 atom stereocenters. The minimum atomic E-state index is -0.925. The molecule has 4 amide bonds. The zero-order valence-corrected chi connectivity index (χ0v) is 14.1. The summed E-state index contributed by atoms with van der Waals surface area (Å²) in [7, 11) is 0. The largest absolute Gasteiger partial charge is 0.385 e. The molecule has 0 radical (unpaired) electrons. The Hall–Kier alpha value is -2.70.